The fraction of sp³-hybridized carbons (Fsp3) is 0.286. The second-order valence-corrected chi connectivity index (χ2v) is 6.79. The maximum atomic E-state index is 14.0. The van der Waals surface area contributed by atoms with Crippen molar-refractivity contribution in [3.63, 3.8) is 0 Å². The summed E-state index contributed by atoms with van der Waals surface area (Å²) in [5, 5.41) is 10.2. The molecule has 2 N–H and O–H groups in total. The number of aromatic amines is 1. The first-order valence-electron chi connectivity index (χ1n) is 9.23. The van der Waals surface area contributed by atoms with Crippen LogP contribution in [0.2, 0.25) is 0 Å². The number of benzene rings is 2. The zero-order valence-corrected chi connectivity index (χ0v) is 15.0. The van der Waals surface area contributed by atoms with E-state index in [0.717, 1.165) is 44.1 Å². The molecule has 6 heteroatoms. The van der Waals surface area contributed by atoms with Gasteiger partial charge in [-0.15, -0.1) is 0 Å². The average Bonchev–Trinajstić information content (AvgIpc) is 3.29. The third kappa shape index (κ3) is 3.85. The molecule has 4 nitrogen and oxygen atoms in total. The van der Waals surface area contributed by atoms with E-state index in [1.807, 2.05) is 0 Å². The third-order valence-corrected chi connectivity index (χ3v) is 5.00. The van der Waals surface area contributed by atoms with Crippen LogP contribution >= 0.6 is 0 Å². The van der Waals surface area contributed by atoms with Crippen LogP contribution in [0.5, 0.6) is 0 Å². The number of hydrogen-bond acceptors (Lipinski definition) is 3. The van der Waals surface area contributed by atoms with Gasteiger partial charge in [0.2, 0.25) is 0 Å². The van der Waals surface area contributed by atoms with Crippen molar-refractivity contribution in [3.05, 3.63) is 71.4 Å². The summed E-state index contributed by atoms with van der Waals surface area (Å²) in [4.78, 5) is 2.42. The molecule has 0 fully saturated rings. The number of nitrogens with zero attached hydrogens (tertiary/aromatic N) is 2. The van der Waals surface area contributed by atoms with Crippen LogP contribution in [-0.2, 0) is 13.0 Å². The fourth-order valence-corrected chi connectivity index (χ4v) is 3.63. The van der Waals surface area contributed by atoms with Gasteiger partial charge in [-0.3, -0.25) is 5.10 Å². The molecule has 1 aliphatic rings. The topological polar surface area (TPSA) is 44.0 Å². The lowest BCUT2D eigenvalue weighted by Gasteiger charge is -2.19. The Morgan fingerprint density at radius 3 is 2.93 bits per heavy atom. The Balaban J connectivity index is 1.29. The smallest absolute Gasteiger partial charge is 0.135 e. The van der Waals surface area contributed by atoms with Crippen molar-refractivity contribution in [1.82, 2.24) is 15.5 Å². The Morgan fingerprint density at radius 2 is 2.04 bits per heavy atom. The highest BCUT2D eigenvalue weighted by molar-refractivity contribution is 5.63. The van der Waals surface area contributed by atoms with Crippen molar-refractivity contribution in [3.8, 4) is 11.3 Å². The molecular formula is C21H22F2N4. The number of para-hydroxylation sites is 1. The summed E-state index contributed by atoms with van der Waals surface area (Å²) in [5.41, 5.74) is 4.57. The summed E-state index contributed by atoms with van der Waals surface area (Å²) in [6.45, 7) is 3.53. The number of rotatable bonds is 7. The molecule has 0 saturated carbocycles. The molecule has 27 heavy (non-hydrogen) atoms. The van der Waals surface area contributed by atoms with Gasteiger partial charge < -0.3 is 10.2 Å². The average molecular weight is 368 g/mol. The van der Waals surface area contributed by atoms with E-state index in [1.54, 1.807) is 6.20 Å². The van der Waals surface area contributed by atoms with Crippen molar-refractivity contribution in [2.45, 2.75) is 19.4 Å². The van der Waals surface area contributed by atoms with Crippen LogP contribution in [0.25, 0.3) is 11.3 Å². The van der Waals surface area contributed by atoms with Crippen molar-refractivity contribution in [1.29, 1.82) is 0 Å². The molecule has 140 valence electrons. The van der Waals surface area contributed by atoms with E-state index >= 15 is 0 Å². The Bertz CT molecular complexity index is 922. The zero-order chi connectivity index (χ0) is 18.6. The quantitative estimate of drug-likeness (QED) is 0.622. The molecule has 0 unspecified atom stereocenters. The maximum Gasteiger partial charge on any atom is 0.135 e. The van der Waals surface area contributed by atoms with E-state index in [-0.39, 0.29) is 0 Å². The highest BCUT2D eigenvalue weighted by atomic mass is 19.1. The van der Waals surface area contributed by atoms with E-state index < -0.39 is 11.6 Å². The maximum absolute atomic E-state index is 14.0. The van der Waals surface area contributed by atoms with Gasteiger partial charge in [-0.1, -0.05) is 18.2 Å². The van der Waals surface area contributed by atoms with Crippen LogP contribution in [0.1, 0.15) is 17.5 Å². The molecule has 0 radical (unpaired) electrons. The summed E-state index contributed by atoms with van der Waals surface area (Å²) in [6, 6.07) is 12.1. The molecule has 2 aromatic carbocycles. The molecule has 0 aliphatic carbocycles. The summed E-state index contributed by atoms with van der Waals surface area (Å²) < 4.78 is 27.1. The first-order chi connectivity index (χ1) is 13.2. The molecule has 0 saturated heterocycles. The molecule has 3 aromatic rings. The van der Waals surface area contributed by atoms with E-state index in [1.165, 1.54) is 23.4 Å². The lowest BCUT2D eigenvalue weighted by molar-refractivity contribution is 0.585. The molecule has 1 aromatic heterocycles. The van der Waals surface area contributed by atoms with Crippen molar-refractivity contribution < 1.29 is 8.78 Å². The fourth-order valence-electron chi connectivity index (χ4n) is 3.63. The third-order valence-electron chi connectivity index (χ3n) is 5.00. The molecule has 0 amide bonds. The van der Waals surface area contributed by atoms with Crippen LogP contribution in [-0.4, -0.2) is 29.8 Å². The van der Waals surface area contributed by atoms with E-state index in [4.69, 9.17) is 0 Å². The number of nitrogens with one attached hydrogen (secondary N) is 2. The number of aromatic nitrogens is 2. The van der Waals surface area contributed by atoms with Crippen molar-refractivity contribution >= 4 is 5.69 Å². The lowest BCUT2D eigenvalue weighted by Crippen LogP contribution is -2.25. The Hall–Kier alpha value is -2.73. The van der Waals surface area contributed by atoms with Gasteiger partial charge in [0.15, 0.2) is 0 Å². The summed E-state index contributed by atoms with van der Waals surface area (Å²) in [5.74, 6) is -1.17. The first kappa shape index (κ1) is 17.7. The molecule has 1 aliphatic heterocycles. The summed E-state index contributed by atoms with van der Waals surface area (Å²) in [6.07, 6.45) is 3.82. The van der Waals surface area contributed by atoms with Crippen LogP contribution in [0.3, 0.4) is 0 Å². The number of hydrogen-bond donors (Lipinski definition) is 2. The SMILES string of the molecule is Fc1ccc(-c2[nH]ncc2CNCCCN2CCc3ccccc32)c(F)c1. The van der Waals surface area contributed by atoms with Gasteiger partial charge in [0, 0.05) is 42.5 Å². The normalized spacial score (nSPS) is 13.2. The largest absolute Gasteiger partial charge is 0.371 e. The molecule has 0 spiro atoms. The number of fused-ring (bicyclic) bond motifs is 1. The van der Waals surface area contributed by atoms with Gasteiger partial charge in [0.25, 0.3) is 0 Å². The molecule has 0 bridgehead atoms. The number of halogens is 2. The van der Waals surface area contributed by atoms with Crippen LogP contribution in [0.4, 0.5) is 14.5 Å². The van der Waals surface area contributed by atoms with E-state index in [9.17, 15) is 8.78 Å². The van der Waals surface area contributed by atoms with Gasteiger partial charge in [-0.25, -0.2) is 8.78 Å². The Labute approximate surface area is 157 Å². The second kappa shape index (κ2) is 7.88. The summed E-state index contributed by atoms with van der Waals surface area (Å²) in [7, 11) is 0. The van der Waals surface area contributed by atoms with Gasteiger partial charge in [-0.05, 0) is 43.1 Å². The predicted octanol–water partition coefficient (Wildman–Crippen LogP) is 3.90. The van der Waals surface area contributed by atoms with Gasteiger partial charge >= 0.3 is 0 Å². The number of H-pyrrole nitrogens is 1. The van der Waals surface area contributed by atoms with Gasteiger partial charge in [-0.2, -0.15) is 5.10 Å². The minimum Gasteiger partial charge on any atom is -0.371 e. The minimum atomic E-state index is -0.590. The van der Waals surface area contributed by atoms with Crippen LogP contribution < -0.4 is 10.2 Å². The molecule has 2 heterocycles. The van der Waals surface area contributed by atoms with E-state index in [2.05, 4.69) is 44.7 Å². The minimum absolute atomic E-state index is 0.333. The number of anilines is 1. The molecular weight excluding hydrogens is 346 g/mol. The zero-order valence-electron chi connectivity index (χ0n) is 15.0. The monoisotopic (exact) mass is 368 g/mol. The van der Waals surface area contributed by atoms with Crippen molar-refractivity contribution in [2.24, 2.45) is 0 Å². The second-order valence-electron chi connectivity index (χ2n) is 6.79. The summed E-state index contributed by atoms with van der Waals surface area (Å²) >= 11 is 0. The van der Waals surface area contributed by atoms with Gasteiger partial charge in [0.1, 0.15) is 11.6 Å². The highest BCUT2D eigenvalue weighted by Crippen LogP contribution is 2.27. The molecule has 4 rings (SSSR count). The molecule has 0 atom stereocenters. The lowest BCUT2D eigenvalue weighted by atomic mass is 10.1. The Morgan fingerprint density at radius 1 is 1.15 bits per heavy atom. The van der Waals surface area contributed by atoms with Crippen LogP contribution in [0, 0.1) is 11.6 Å². The van der Waals surface area contributed by atoms with E-state index in [0.29, 0.717) is 17.8 Å². The predicted molar refractivity (Wildman–Crippen MR) is 103 cm³/mol. The highest BCUT2D eigenvalue weighted by Gasteiger charge is 2.17. The van der Waals surface area contributed by atoms with Crippen LogP contribution in [0.15, 0.2) is 48.7 Å². The first-order valence-corrected chi connectivity index (χ1v) is 9.23. The standard InChI is InChI=1S/C21H22F2N4/c22-17-6-7-18(19(23)12-17)21-16(14-25-26-21)13-24-9-3-10-27-11-8-15-4-1-2-5-20(15)27/h1-2,4-7,12,14,24H,3,8-11,13H2,(H,25,26). The van der Waals surface area contributed by atoms with Gasteiger partial charge in [0.05, 0.1) is 11.9 Å². The Kier molecular flexibility index (Phi) is 5.16. The van der Waals surface area contributed by atoms with Crippen molar-refractivity contribution in [2.75, 3.05) is 24.5 Å².